The lowest BCUT2D eigenvalue weighted by Gasteiger charge is -2.45. The van der Waals surface area contributed by atoms with Gasteiger partial charge in [-0.3, -0.25) is 0 Å². The number of carbonyl (C=O) groups is 1. The lowest BCUT2D eigenvalue weighted by atomic mass is 10.0. The van der Waals surface area contributed by atoms with Gasteiger partial charge in [0.05, 0.1) is 25.9 Å². The molecule has 4 aromatic carbocycles. The highest BCUT2D eigenvalue weighted by Crippen LogP contribution is 2.38. The highest BCUT2D eigenvalue weighted by atomic mass is 28.4. The van der Waals surface area contributed by atoms with Crippen molar-refractivity contribution in [1.82, 2.24) is 0 Å². The number of halogens is 1. The summed E-state index contributed by atoms with van der Waals surface area (Å²) in [5.41, 5.74) is 1.38. The number of esters is 1. The van der Waals surface area contributed by atoms with Crippen LogP contribution in [0.25, 0.3) is 0 Å². The third kappa shape index (κ3) is 10.1. The zero-order valence-electron chi connectivity index (χ0n) is 29.5. The maximum atomic E-state index is 16.2. The molecule has 0 aliphatic heterocycles. The molecule has 0 aliphatic rings. The van der Waals surface area contributed by atoms with Crippen molar-refractivity contribution in [2.24, 2.45) is 5.92 Å². The molecule has 4 rings (SSSR count). The van der Waals surface area contributed by atoms with Crippen LogP contribution >= 0.6 is 0 Å². The molecule has 0 fully saturated rings. The van der Waals surface area contributed by atoms with Gasteiger partial charge in [0.2, 0.25) is 0 Å². The van der Waals surface area contributed by atoms with Gasteiger partial charge in [0, 0.05) is 12.0 Å². The Bertz CT molecular complexity index is 1590. The summed E-state index contributed by atoms with van der Waals surface area (Å²) in [6, 6.07) is 37.1. The fraction of sp³-hybridized carbons (Fsp3) is 0.310. The fourth-order valence-corrected chi connectivity index (χ4v) is 10.6. The van der Waals surface area contributed by atoms with E-state index in [2.05, 4.69) is 45.0 Å². The van der Waals surface area contributed by atoms with Crippen LogP contribution in [0.1, 0.15) is 57.0 Å². The molecule has 0 radical (unpaired) electrons. The van der Waals surface area contributed by atoms with Crippen molar-refractivity contribution in [3.63, 3.8) is 0 Å². The Balaban J connectivity index is 1.52. The van der Waals surface area contributed by atoms with Crippen LogP contribution in [0.2, 0.25) is 5.04 Å². The Morgan fingerprint density at radius 3 is 1.90 bits per heavy atom. The van der Waals surface area contributed by atoms with Crippen molar-refractivity contribution >= 4 is 24.7 Å². The minimum Gasteiger partial charge on any atom is -0.497 e. The standard InChI is InChI=1S/C42H49FO5Si/c1-32(33(2)48-49(42(3,4)5,37-20-12-8-13-21-37)38-22-14-9-15-23-38)30-39(43)40(47-41(44)35-18-10-7-11-19-35)24-16-17-29-46-31-34-25-27-36(45-6)28-26-34/h7-16,18-28,30,32-33,40H,17,29,31H2,1-6H3/t32-,33-,40?/m0/s1. The van der Waals surface area contributed by atoms with Gasteiger partial charge in [-0.25, -0.2) is 9.18 Å². The van der Waals surface area contributed by atoms with Crippen molar-refractivity contribution in [3.05, 3.63) is 150 Å². The first-order chi connectivity index (χ1) is 23.5. The summed E-state index contributed by atoms with van der Waals surface area (Å²) in [5.74, 6) is -0.694. The topological polar surface area (TPSA) is 54.0 Å². The van der Waals surface area contributed by atoms with E-state index in [9.17, 15) is 4.79 Å². The van der Waals surface area contributed by atoms with E-state index in [1.54, 1.807) is 43.5 Å². The van der Waals surface area contributed by atoms with Gasteiger partial charge in [-0.05, 0) is 70.7 Å². The largest absolute Gasteiger partial charge is 0.497 e. The average Bonchev–Trinajstić information content (AvgIpc) is 3.12. The number of carbonyl (C=O) groups excluding carboxylic acids is 1. The molecule has 0 heterocycles. The predicted molar refractivity (Wildman–Crippen MR) is 199 cm³/mol. The van der Waals surface area contributed by atoms with Crippen molar-refractivity contribution < 1.29 is 27.8 Å². The number of methoxy groups -OCH3 is 1. The summed E-state index contributed by atoms with van der Waals surface area (Å²) in [7, 11) is -1.23. The Kier molecular flexibility index (Phi) is 13.7. The third-order valence-corrected chi connectivity index (χ3v) is 13.8. The number of benzene rings is 4. The van der Waals surface area contributed by atoms with E-state index in [0.717, 1.165) is 21.7 Å². The molecule has 4 aromatic rings. The molecule has 0 N–H and O–H groups in total. The van der Waals surface area contributed by atoms with Crippen molar-refractivity contribution in [3.8, 4) is 5.75 Å². The monoisotopic (exact) mass is 680 g/mol. The number of hydrogen-bond donors (Lipinski definition) is 0. The van der Waals surface area contributed by atoms with Gasteiger partial charge in [-0.15, -0.1) is 0 Å². The lowest BCUT2D eigenvalue weighted by Crippen LogP contribution is -2.67. The molecular formula is C42H49FO5Si. The fourth-order valence-electron chi connectivity index (χ4n) is 5.79. The first-order valence-corrected chi connectivity index (χ1v) is 18.8. The van der Waals surface area contributed by atoms with Crippen LogP contribution in [-0.2, 0) is 20.5 Å². The normalized spacial score (nSPS) is 14.3. The molecule has 5 nitrogen and oxygen atoms in total. The highest BCUT2D eigenvalue weighted by molar-refractivity contribution is 6.99. The molecule has 0 saturated heterocycles. The molecule has 1 unspecified atom stereocenters. The Morgan fingerprint density at radius 1 is 0.816 bits per heavy atom. The van der Waals surface area contributed by atoms with E-state index in [-0.39, 0.29) is 17.1 Å². The Labute approximate surface area is 292 Å². The van der Waals surface area contributed by atoms with Gasteiger partial charge < -0.3 is 18.6 Å². The van der Waals surface area contributed by atoms with E-state index in [4.69, 9.17) is 18.6 Å². The van der Waals surface area contributed by atoms with Crippen molar-refractivity contribution in [2.45, 2.75) is 64.9 Å². The molecule has 0 bridgehead atoms. The second kappa shape index (κ2) is 17.9. The molecule has 0 saturated carbocycles. The second-order valence-corrected chi connectivity index (χ2v) is 17.5. The molecule has 0 amide bonds. The van der Waals surface area contributed by atoms with Crippen molar-refractivity contribution in [2.75, 3.05) is 13.7 Å². The van der Waals surface area contributed by atoms with Gasteiger partial charge in [-0.2, -0.15) is 0 Å². The highest BCUT2D eigenvalue weighted by Gasteiger charge is 2.51. The summed E-state index contributed by atoms with van der Waals surface area (Å²) >= 11 is 0. The molecule has 0 spiro atoms. The van der Waals surface area contributed by atoms with Gasteiger partial charge in [0.25, 0.3) is 8.32 Å². The summed E-state index contributed by atoms with van der Waals surface area (Å²) in [6.07, 6.45) is 3.87. The molecule has 3 atom stereocenters. The van der Waals surface area contributed by atoms with E-state index >= 15 is 4.39 Å². The molecule has 0 aliphatic carbocycles. The predicted octanol–water partition coefficient (Wildman–Crippen LogP) is 8.84. The SMILES string of the molecule is COc1ccc(COCCC=CC(OC(=O)c2ccccc2)C(F)=C[C@H](C)[C@H](C)O[Si](c2ccccc2)(c2ccccc2)C(C)(C)C)cc1. The number of ether oxygens (including phenoxy) is 3. The van der Waals surface area contributed by atoms with Crippen LogP contribution < -0.4 is 15.1 Å². The quantitative estimate of drug-likeness (QED) is 0.0513. The molecule has 7 heteroatoms. The Morgan fingerprint density at radius 2 is 1.37 bits per heavy atom. The van der Waals surface area contributed by atoms with Crippen LogP contribution in [0.3, 0.4) is 0 Å². The zero-order valence-corrected chi connectivity index (χ0v) is 30.5. The van der Waals surface area contributed by atoms with E-state index in [1.165, 1.54) is 6.08 Å². The summed E-state index contributed by atoms with van der Waals surface area (Å²) in [5, 5.41) is 2.09. The van der Waals surface area contributed by atoms with Crippen LogP contribution in [0.4, 0.5) is 4.39 Å². The smallest absolute Gasteiger partial charge is 0.339 e. The maximum Gasteiger partial charge on any atom is 0.339 e. The van der Waals surface area contributed by atoms with E-state index in [0.29, 0.717) is 25.2 Å². The molecule has 258 valence electrons. The molecule has 49 heavy (non-hydrogen) atoms. The lowest BCUT2D eigenvalue weighted by molar-refractivity contribution is 0.0413. The minimum absolute atomic E-state index is 0.224. The first-order valence-electron chi connectivity index (χ1n) is 16.8. The molecule has 0 aromatic heterocycles. The molecular weight excluding hydrogens is 632 g/mol. The summed E-state index contributed by atoms with van der Waals surface area (Å²) in [6.45, 7) is 11.5. The van der Waals surface area contributed by atoms with Gasteiger partial charge in [0.1, 0.15) is 11.6 Å². The first kappa shape index (κ1) is 37.5. The second-order valence-electron chi connectivity index (χ2n) is 13.2. The minimum atomic E-state index is -2.86. The summed E-state index contributed by atoms with van der Waals surface area (Å²) < 4.78 is 40.1. The summed E-state index contributed by atoms with van der Waals surface area (Å²) in [4.78, 5) is 13.0. The van der Waals surface area contributed by atoms with Crippen molar-refractivity contribution in [1.29, 1.82) is 0 Å². The van der Waals surface area contributed by atoms with Crippen LogP contribution in [0.5, 0.6) is 5.75 Å². The van der Waals surface area contributed by atoms with Gasteiger partial charge in [0.15, 0.2) is 6.10 Å². The third-order valence-electron chi connectivity index (χ3n) is 8.62. The van der Waals surface area contributed by atoms with E-state index in [1.807, 2.05) is 80.6 Å². The van der Waals surface area contributed by atoms with Crippen LogP contribution in [0.15, 0.2) is 139 Å². The average molecular weight is 681 g/mol. The van der Waals surface area contributed by atoms with Crippen LogP contribution in [-0.4, -0.2) is 40.2 Å². The zero-order chi connectivity index (χ0) is 35.3. The van der Waals surface area contributed by atoms with Gasteiger partial charge in [-0.1, -0.05) is 125 Å². The van der Waals surface area contributed by atoms with Crippen LogP contribution in [0, 0.1) is 5.92 Å². The van der Waals surface area contributed by atoms with Gasteiger partial charge >= 0.3 is 5.97 Å². The maximum absolute atomic E-state index is 16.2. The number of hydrogen-bond acceptors (Lipinski definition) is 5. The van der Waals surface area contributed by atoms with E-state index < -0.39 is 26.2 Å². The number of rotatable bonds is 16. The Hall–Kier alpha value is -4.30.